The van der Waals surface area contributed by atoms with Crippen LogP contribution < -0.4 is 0 Å². The third-order valence-electron chi connectivity index (χ3n) is 4.69. The molecule has 1 unspecified atom stereocenters. The molecule has 1 fully saturated rings. The highest BCUT2D eigenvalue weighted by Crippen LogP contribution is 2.25. The SMILES string of the molecule is O=C(CCn1nnc2ccccc21)N1CCCC(c2ccn[nH]2)C1. The van der Waals surface area contributed by atoms with E-state index in [4.69, 9.17) is 0 Å². The number of aromatic nitrogens is 5. The number of hydrogen-bond acceptors (Lipinski definition) is 4. The molecule has 0 radical (unpaired) electrons. The summed E-state index contributed by atoms with van der Waals surface area (Å²) in [6.45, 7) is 2.16. The number of likely N-dealkylation sites (tertiary alicyclic amines) is 1. The summed E-state index contributed by atoms with van der Waals surface area (Å²) < 4.78 is 1.81. The lowest BCUT2D eigenvalue weighted by atomic mass is 9.95. The Labute approximate surface area is 139 Å². The van der Waals surface area contributed by atoms with E-state index in [1.807, 2.05) is 39.9 Å². The minimum Gasteiger partial charge on any atom is -0.342 e. The molecule has 0 saturated carbocycles. The number of nitrogens with zero attached hydrogens (tertiary/aromatic N) is 5. The first-order chi connectivity index (χ1) is 11.8. The number of carbonyl (C=O) groups excluding carboxylic acids is 1. The molecule has 1 amide bonds. The van der Waals surface area contributed by atoms with E-state index in [0.717, 1.165) is 42.7 Å². The normalized spacial score (nSPS) is 18.2. The van der Waals surface area contributed by atoms with Crippen molar-refractivity contribution < 1.29 is 4.79 Å². The van der Waals surface area contributed by atoms with Crippen molar-refractivity contribution in [2.45, 2.75) is 31.7 Å². The summed E-state index contributed by atoms with van der Waals surface area (Å²) in [4.78, 5) is 14.5. The number of nitrogens with one attached hydrogen (secondary N) is 1. The summed E-state index contributed by atoms with van der Waals surface area (Å²) in [5.74, 6) is 0.538. The Bertz CT molecular complexity index is 825. The Balaban J connectivity index is 1.39. The monoisotopic (exact) mass is 324 g/mol. The number of piperidine rings is 1. The third-order valence-corrected chi connectivity index (χ3v) is 4.69. The Morgan fingerprint density at radius 3 is 3.08 bits per heavy atom. The van der Waals surface area contributed by atoms with Gasteiger partial charge in [0.1, 0.15) is 5.52 Å². The highest BCUT2D eigenvalue weighted by Gasteiger charge is 2.25. The number of aryl methyl sites for hydroxylation is 1. The van der Waals surface area contributed by atoms with Crippen LogP contribution in [0.25, 0.3) is 11.0 Å². The predicted octanol–water partition coefficient (Wildman–Crippen LogP) is 1.95. The fourth-order valence-corrected chi connectivity index (χ4v) is 3.39. The number of fused-ring (bicyclic) bond motifs is 1. The second kappa shape index (κ2) is 6.43. The van der Waals surface area contributed by atoms with Crippen molar-refractivity contribution in [3.8, 4) is 0 Å². The van der Waals surface area contributed by atoms with Gasteiger partial charge in [-0.05, 0) is 31.0 Å². The zero-order valence-corrected chi connectivity index (χ0v) is 13.4. The van der Waals surface area contributed by atoms with Crippen LogP contribution in [0.15, 0.2) is 36.5 Å². The van der Waals surface area contributed by atoms with Crippen molar-refractivity contribution in [1.82, 2.24) is 30.1 Å². The van der Waals surface area contributed by atoms with Crippen molar-refractivity contribution >= 4 is 16.9 Å². The van der Waals surface area contributed by atoms with Crippen LogP contribution in [-0.4, -0.2) is 49.1 Å². The van der Waals surface area contributed by atoms with Gasteiger partial charge in [-0.15, -0.1) is 5.10 Å². The van der Waals surface area contributed by atoms with E-state index >= 15 is 0 Å². The molecule has 124 valence electrons. The molecule has 3 heterocycles. The zero-order chi connectivity index (χ0) is 16.4. The van der Waals surface area contributed by atoms with E-state index < -0.39 is 0 Å². The number of aromatic amines is 1. The summed E-state index contributed by atoms with van der Waals surface area (Å²) in [5.41, 5.74) is 2.95. The third kappa shape index (κ3) is 2.89. The largest absolute Gasteiger partial charge is 0.342 e. The molecule has 24 heavy (non-hydrogen) atoms. The molecule has 0 spiro atoms. The molecule has 0 bridgehead atoms. The fraction of sp³-hybridized carbons (Fsp3) is 0.412. The Morgan fingerprint density at radius 2 is 2.21 bits per heavy atom. The van der Waals surface area contributed by atoms with Gasteiger partial charge in [-0.3, -0.25) is 9.89 Å². The molecule has 1 N–H and O–H groups in total. The maximum Gasteiger partial charge on any atom is 0.224 e. The first-order valence-corrected chi connectivity index (χ1v) is 8.36. The Morgan fingerprint density at radius 1 is 1.29 bits per heavy atom. The van der Waals surface area contributed by atoms with Crippen molar-refractivity contribution in [2.24, 2.45) is 0 Å². The van der Waals surface area contributed by atoms with Gasteiger partial charge in [-0.1, -0.05) is 17.3 Å². The molecule has 1 atom stereocenters. The number of para-hydroxylation sites is 1. The lowest BCUT2D eigenvalue weighted by Gasteiger charge is -2.32. The van der Waals surface area contributed by atoms with Crippen LogP contribution in [-0.2, 0) is 11.3 Å². The number of rotatable bonds is 4. The molecule has 1 saturated heterocycles. The average Bonchev–Trinajstić information content (AvgIpc) is 3.30. The van der Waals surface area contributed by atoms with E-state index in [9.17, 15) is 4.79 Å². The van der Waals surface area contributed by atoms with Gasteiger partial charge in [0, 0.05) is 37.3 Å². The van der Waals surface area contributed by atoms with E-state index in [2.05, 4.69) is 20.5 Å². The first kappa shape index (κ1) is 14.9. The van der Waals surface area contributed by atoms with Gasteiger partial charge in [0.25, 0.3) is 0 Å². The molecule has 3 aromatic rings. The summed E-state index contributed by atoms with van der Waals surface area (Å²) in [7, 11) is 0. The van der Waals surface area contributed by atoms with E-state index in [-0.39, 0.29) is 5.91 Å². The van der Waals surface area contributed by atoms with Crippen molar-refractivity contribution in [3.63, 3.8) is 0 Å². The number of amides is 1. The van der Waals surface area contributed by atoms with Gasteiger partial charge in [-0.25, -0.2) is 4.68 Å². The van der Waals surface area contributed by atoms with Gasteiger partial charge in [-0.2, -0.15) is 5.10 Å². The standard InChI is InChI=1S/C17H20N6O/c24-17(8-11-23-16-6-2-1-5-15(16)20-21-23)22-10-3-4-13(12-22)14-7-9-18-19-14/h1-2,5-7,9,13H,3-4,8,10-12H2,(H,18,19). The zero-order valence-electron chi connectivity index (χ0n) is 13.4. The van der Waals surface area contributed by atoms with Crippen LogP contribution in [0.1, 0.15) is 30.9 Å². The van der Waals surface area contributed by atoms with Crippen LogP contribution in [0.5, 0.6) is 0 Å². The minimum absolute atomic E-state index is 0.179. The van der Waals surface area contributed by atoms with E-state index in [1.165, 1.54) is 0 Å². The molecule has 0 aliphatic carbocycles. The molecule has 4 rings (SSSR count). The highest BCUT2D eigenvalue weighted by molar-refractivity contribution is 5.77. The van der Waals surface area contributed by atoms with Crippen LogP contribution in [0.2, 0.25) is 0 Å². The predicted molar refractivity (Wildman–Crippen MR) is 89.3 cm³/mol. The van der Waals surface area contributed by atoms with Crippen molar-refractivity contribution in [3.05, 3.63) is 42.2 Å². The maximum atomic E-state index is 12.6. The topological polar surface area (TPSA) is 79.7 Å². The van der Waals surface area contributed by atoms with Gasteiger partial charge in [0.15, 0.2) is 0 Å². The van der Waals surface area contributed by atoms with Gasteiger partial charge >= 0.3 is 0 Å². The molecular weight excluding hydrogens is 304 g/mol. The van der Waals surface area contributed by atoms with Crippen molar-refractivity contribution in [1.29, 1.82) is 0 Å². The summed E-state index contributed by atoms with van der Waals surface area (Å²) in [5, 5.41) is 15.3. The number of carbonyl (C=O) groups is 1. The number of benzene rings is 1. The summed E-state index contributed by atoms with van der Waals surface area (Å²) in [6.07, 6.45) is 4.34. The quantitative estimate of drug-likeness (QED) is 0.795. The smallest absolute Gasteiger partial charge is 0.224 e. The van der Waals surface area contributed by atoms with E-state index in [0.29, 0.717) is 18.9 Å². The van der Waals surface area contributed by atoms with Crippen LogP contribution in [0.3, 0.4) is 0 Å². The van der Waals surface area contributed by atoms with Gasteiger partial charge in [0.2, 0.25) is 5.91 Å². The molecule has 1 aliphatic rings. The lowest BCUT2D eigenvalue weighted by Crippen LogP contribution is -2.39. The number of H-pyrrole nitrogens is 1. The Hall–Kier alpha value is -2.70. The molecular formula is C17H20N6O. The van der Waals surface area contributed by atoms with Crippen molar-refractivity contribution in [2.75, 3.05) is 13.1 Å². The van der Waals surface area contributed by atoms with E-state index in [1.54, 1.807) is 6.20 Å². The van der Waals surface area contributed by atoms with Crippen LogP contribution in [0.4, 0.5) is 0 Å². The lowest BCUT2D eigenvalue weighted by molar-refractivity contribution is -0.132. The molecule has 1 aliphatic heterocycles. The summed E-state index contributed by atoms with van der Waals surface area (Å²) >= 11 is 0. The molecule has 7 nitrogen and oxygen atoms in total. The first-order valence-electron chi connectivity index (χ1n) is 8.36. The second-order valence-corrected chi connectivity index (χ2v) is 6.24. The molecule has 2 aromatic heterocycles. The van der Waals surface area contributed by atoms with Gasteiger partial charge < -0.3 is 4.90 Å². The highest BCUT2D eigenvalue weighted by atomic mass is 16.2. The van der Waals surface area contributed by atoms with Crippen LogP contribution in [0, 0.1) is 0 Å². The summed E-state index contributed by atoms with van der Waals surface area (Å²) in [6, 6.07) is 9.81. The maximum absolute atomic E-state index is 12.6. The van der Waals surface area contributed by atoms with Gasteiger partial charge in [0.05, 0.1) is 12.1 Å². The second-order valence-electron chi connectivity index (χ2n) is 6.24. The number of hydrogen-bond donors (Lipinski definition) is 1. The average molecular weight is 324 g/mol. The minimum atomic E-state index is 0.179. The van der Waals surface area contributed by atoms with Crippen LogP contribution >= 0.6 is 0 Å². The molecule has 1 aromatic carbocycles. The Kier molecular flexibility index (Phi) is 3.98. The molecule has 7 heteroatoms. The fourth-order valence-electron chi connectivity index (χ4n) is 3.39.